The van der Waals surface area contributed by atoms with Crippen LogP contribution in [0.25, 0.3) is 0 Å². The average Bonchev–Trinajstić information content (AvgIpc) is 2.04. The van der Waals surface area contributed by atoms with Crippen LogP contribution in [-0.4, -0.2) is 23.3 Å². The number of thiocarbonyl (C=S) groups is 2. The predicted molar refractivity (Wildman–Crippen MR) is 61.2 cm³/mol. The second-order valence-electron chi connectivity index (χ2n) is 1.74. The fourth-order valence-electron chi connectivity index (χ4n) is 0.502. The van der Waals surface area contributed by atoms with Gasteiger partial charge in [-0.25, -0.2) is 15.0 Å². The molecule has 62 valence electrons. The fourth-order valence-corrected chi connectivity index (χ4v) is 0.915. The third-order valence-corrected chi connectivity index (χ3v) is 1.72. The largest absolute Gasteiger partial charge is 0.215 e. The lowest BCUT2D eigenvalue weighted by molar-refractivity contribution is 1.02. The van der Waals surface area contributed by atoms with Crippen molar-refractivity contribution in [3.63, 3.8) is 0 Å². The Labute approximate surface area is 90.8 Å². The predicted octanol–water partition coefficient (Wildman–Crippen LogP) is 1.08. The zero-order chi connectivity index (χ0) is 9.14. The van der Waals surface area contributed by atoms with E-state index in [1.54, 1.807) is 0 Å². The smallest absolute Gasteiger partial charge is 0.180 e. The molecule has 0 saturated heterocycles. The van der Waals surface area contributed by atoms with Crippen molar-refractivity contribution in [3.8, 4) is 0 Å². The second-order valence-corrected chi connectivity index (χ2v) is 4.06. The van der Waals surface area contributed by atoms with Gasteiger partial charge in [0.2, 0.25) is 0 Å². The molecule has 0 aliphatic rings. The molecule has 1 aromatic heterocycles. The molecule has 1 heterocycles. The minimum absolute atomic E-state index is 0.309. The van der Waals surface area contributed by atoms with Gasteiger partial charge >= 0.3 is 0 Å². The van der Waals surface area contributed by atoms with Crippen LogP contribution in [0.1, 0.15) is 11.6 Å². The summed E-state index contributed by atoms with van der Waals surface area (Å²) in [6, 6.07) is 0. The van der Waals surface area contributed by atoms with Crippen molar-refractivity contribution in [3.05, 3.63) is 18.0 Å². The first-order valence-electron chi connectivity index (χ1n) is 2.77. The summed E-state index contributed by atoms with van der Waals surface area (Å²) in [4.78, 5) is 11.5. The monoisotopic (exact) mass is 233 g/mol. The summed E-state index contributed by atoms with van der Waals surface area (Å²) in [5.41, 5.74) is 0. The van der Waals surface area contributed by atoms with E-state index < -0.39 is 0 Å². The van der Waals surface area contributed by atoms with Crippen LogP contribution < -0.4 is 0 Å². The summed E-state index contributed by atoms with van der Waals surface area (Å²) < 4.78 is 0.617. The van der Waals surface area contributed by atoms with Crippen molar-refractivity contribution < 1.29 is 0 Å². The molecule has 1 aromatic rings. The average molecular weight is 233 g/mol. The highest BCUT2D eigenvalue weighted by Gasteiger charge is 2.04. The molecule has 0 saturated carbocycles. The molecule has 3 nitrogen and oxygen atoms in total. The maximum atomic E-state index is 4.75. The van der Waals surface area contributed by atoms with Crippen LogP contribution in [-0.2, 0) is 0 Å². The summed E-state index contributed by atoms with van der Waals surface area (Å²) in [5, 5.41) is 0. The molecule has 0 aliphatic carbocycles. The minimum Gasteiger partial charge on any atom is -0.215 e. The molecule has 0 spiro atoms. The van der Waals surface area contributed by atoms with E-state index in [0.29, 0.717) is 20.0 Å². The Hall–Kier alpha value is -0.110. The molecular weight excluding hydrogens is 230 g/mol. The molecule has 0 aliphatic heterocycles. The highest BCUT2D eigenvalue weighted by atomic mass is 32.1. The van der Waals surface area contributed by atoms with Crippen molar-refractivity contribution in [1.29, 1.82) is 0 Å². The van der Waals surface area contributed by atoms with E-state index >= 15 is 0 Å². The van der Waals surface area contributed by atoms with E-state index in [1.807, 2.05) is 0 Å². The third-order valence-electron chi connectivity index (χ3n) is 0.954. The molecule has 0 amide bonds. The van der Waals surface area contributed by atoms with Gasteiger partial charge in [0.1, 0.15) is 14.7 Å². The van der Waals surface area contributed by atoms with Crippen LogP contribution in [0.3, 0.4) is 0 Å². The van der Waals surface area contributed by atoms with E-state index in [4.69, 9.17) is 24.4 Å². The zero-order valence-electron chi connectivity index (χ0n) is 5.63. The van der Waals surface area contributed by atoms with E-state index in [2.05, 4.69) is 40.2 Å². The topological polar surface area (TPSA) is 38.7 Å². The Kier molecular flexibility index (Phi) is 3.51. The van der Waals surface area contributed by atoms with Gasteiger partial charge in [0.05, 0.1) is 0 Å². The number of hydrogen-bond acceptors (Lipinski definition) is 5. The quantitative estimate of drug-likeness (QED) is 0.591. The van der Waals surface area contributed by atoms with Gasteiger partial charge in [-0.1, -0.05) is 24.4 Å². The number of thiol groups is 2. The maximum Gasteiger partial charge on any atom is 0.180 e. The molecule has 0 bridgehead atoms. The number of aromatic nitrogens is 3. The lowest BCUT2D eigenvalue weighted by Gasteiger charge is -1.96. The van der Waals surface area contributed by atoms with Gasteiger partial charge < -0.3 is 0 Å². The van der Waals surface area contributed by atoms with Crippen molar-refractivity contribution in [2.24, 2.45) is 0 Å². The Bertz CT molecular complexity index is 308. The molecular formula is C5H3N3S4. The Balaban J connectivity index is 3.12. The lowest BCUT2D eigenvalue weighted by Crippen LogP contribution is -2.05. The van der Waals surface area contributed by atoms with Crippen LogP contribution in [0.15, 0.2) is 6.33 Å². The van der Waals surface area contributed by atoms with Gasteiger partial charge in [0.25, 0.3) is 0 Å². The first kappa shape index (κ1) is 9.97. The molecule has 7 heteroatoms. The van der Waals surface area contributed by atoms with Crippen molar-refractivity contribution in [2.75, 3.05) is 0 Å². The highest BCUT2D eigenvalue weighted by Crippen LogP contribution is 2.00. The summed E-state index contributed by atoms with van der Waals surface area (Å²) in [7, 11) is 0. The summed E-state index contributed by atoms with van der Waals surface area (Å²) in [5.74, 6) is 0.685. The highest BCUT2D eigenvalue weighted by molar-refractivity contribution is 8.12. The molecule has 12 heavy (non-hydrogen) atoms. The van der Waals surface area contributed by atoms with Crippen molar-refractivity contribution in [2.45, 2.75) is 0 Å². The number of hydrogen-bond donors (Lipinski definition) is 2. The fraction of sp³-hybridized carbons (Fsp3) is 0. The van der Waals surface area contributed by atoms with Crippen LogP contribution >= 0.6 is 49.7 Å². The van der Waals surface area contributed by atoms with E-state index in [9.17, 15) is 0 Å². The van der Waals surface area contributed by atoms with Crippen molar-refractivity contribution >= 4 is 58.1 Å². The van der Waals surface area contributed by atoms with Crippen molar-refractivity contribution in [1.82, 2.24) is 15.0 Å². The van der Waals surface area contributed by atoms with Crippen LogP contribution in [0.2, 0.25) is 0 Å². The molecule has 0 radical (unpaired) electrons. The minimum atomic E-state index is 0.309. The van der Waals surface area contributed by atoms with Gasteiger partial charge in [-0.2, -0.15) is 0 Å². The SMILES string of the molecule is S=C(S)c1ncnc(C(=S)S)n1. The van der Waals surface area contributed by atoms with Gasteiger partial charge in [-0.05, 0) is 0 Å². The van der Waals surface area contributed by atoms with Gasteiger partial charge in [0.15, 0.2) is 11.6 Å². The first-order valence-corrected chi connectivity index (χ1v) is 4.48. The Morgan fingerprint density at radius 3 is 1.83 bits per heavy atom. The second kappa shape index (κ2) is 4.22. The van der Waals surface area contributed by atoms with E-state index in [0.717, 1.165) is 0 Å². The maximum absolute atomic E-state index is 4.75. The van der Waals surface area contributed by atoms with E-state index in [1.165, 1.54) is 6.33 Å². The molecule has 0 N–H and O–H groups in total. The standard InChI is InChI=1S/C5H3N3S4/c9-4(10)2-6-1-7-3(8-2)5(11)12/h1H,(H,9,10)(H,11,12). The van der Waals surface area contributed by atoms with Crippen LogP contribution in [0.5, 0.6) is 0 Å². The molecule has 0 aromatic carbocycles. The number of rotatable bonds is 2. The normalized spacial score (nSPS) is 9.50. The summed E-state index contributed by atoms with van der Waals surface area (Å²) in [6.07, 6.45) is 1.32. The molecule has 0 fully saturated rings. The molecule has 0 unspecified atom stereocenters. The van der Waals surface area contributed by atoms with Gasteiger partial charge in [-0.15, -0.1) is 25.3 Å². The summed E-state index contributed by atoms with van der Waals surface area (Å²) >= 11 is 17.3. The molecule has 0 atom stereocenters. The third kappa shape index (κ3) is 2.44. The zero-order valence-corrected chi connectivity index (χ0v) is 9.05. The van der Waals surface area contributed by atoms with Gasteiger partial charge in [-0.3, -0.25) is 0 Å². The summed E-state index contributed by atoms with van der Waals surface area (Å²) in [6.45, 7) is 0. The van der Waals surface area contributed by atoms with E-state index in [-0.39, 0.29) is 0 Å². The Morgan fingerprint density at radius 1 is 1.08 bits per heavy atom. The molecule has 1 rings (SSSR count). The van der Waals surface area contributed by atoms with Crippen LogP contribution in [0.4, 0.5) is 0 Å². The van der Waals surface area contributed by atoms with Gasteiger partial charge in [0, 0.05) is 0 Å². The lowest BCUT2D eigenvalue weighted by atomic mass is 10.6. The Morgan fingerprint density at radius 2 is 1.50 bits per heavy atom. The first-order chi connectivity index (χ1) is 5.61. The van der Waals surface area contributed by atoms with Crippen LogP contribution in [0, 0.1) is 0 Å². The number of nitrogens with zero attached hydrogens (tertiary/aromatic N) is 3.